The average molecular weight is 363 g/mol. The van der Waals surface area contributed by atoms with Gasteiger partial charge in [-0.1, -0.05) is 18.3 Å². The topological polar surface area (TPSA) is 80.0 Å². The largest absolute Gasteiger partial charge is 0.374 e. The van der Waals surface area contributed by atoms with E-state index in [1.54, 1.807) is 11.0 Å². The summed E-state index contributed by atoms with van der Waals surface area (Å²) in [7, 11) is 1.85. The van der Waals surface area contributed by atoms with Crippen molar-refractivity contribution in [1.29, 1.82) is 0 Å². The number of carbonyl (C=O) groups is 1. The summed E-state index contributed by atoms with van der Waals surface area (Å²) in [6.45, 7) is 4.53. The quantitative estimate of drug-likeness (QED) is 0.772. The van der Waals surface area contributed by atoms with E-state index in [9.17, 15) is 9.59 Å². The molecule has 0 bridgehead atoms. The van der Waals surface area contributed by atoms with E-state index in [2.05, 4.69) is 15.0 Å². The molecule has 2 aliphatic rings. The number of aryl methyl sites for hydroxylation is 1. The molecule has 2 aromatic rings. The molecule has 25 heavy (non-hydrogen) atoms. The Morgan fingerprint density at radius 2 is 2.20 bits per heavy atom. The first-order valence-corrected chi connectivity index (χ1v) is 9.35. The first-order chi connectivity index (χ1) is 12.0. The third-order valence-corrected chi connectivity index (χ3v) is 5.93. The summed E-state index contributed by atoms with van der Waals surface area (Å²) in [6.07, 6.45) is 1.26. The molecule has 1 amide bonds. The molecule has 2 saturated heterocycles. The van der Waals surface area contributed by atoms with Crippen molar-refractivity contribution in [3.8, 4) is 0 Å². The molecular formula is C16H21N5O3S. The van der Waals surface area contributed by atoms with Crippen molar-refractivity contribution >= 4 is 22.2 Å². The normalized spacial score (nSPS) is 24.7. The second-order valence-electron chi connectivity index (χ2n) is 6.55. The summed E-state index contributed by atoms with van der Waals surface area (Å²) < 4.78 is 7.22. The predicted octanol–water partition coefficient (Wildman–Crippen LogP) is 0.145. The monoisotopic (exact) mass is 363 g/mol. The van der Waals surface area contributed by atoms with Crippen molar-refractivity contribution in [3.63, 3.8) is 0 Å². The molecular weight excluding hydrogens is 342 g/mol. The molecule has 0 saturated carbocycles. The van der Waals surface area contributed by atoms with Gasteiger partial charge in [0.25, 0.3) is 5.56 Å². The van der Waals surface area contributed by atoms with E-state index < -0.39 is 0 Å². The van der Waals surface area contributed by atoms with Gasteiger partial charge in [-0.3, -0.25) is 14.5 Å². The number of likely N-dealkylation sites (tertiary alicyclic amines) is 1. The van der Waals surface area contributed by atoms with Gasteiger partial charge in [-0.2, -0.15) is 9.61 Å². The maximum absolute atomic E-state index is 12.3. The number of carbonyl (C=O) groups excluding carboxylic acids is 1. The van der Waals surface area contributed by atoms with E-state index >= 15 is 0 Å². The van der Waals surface area contributed by atoms with E-state index in [1.807, 2.05) is 14.0 Å². The van der Waals surface area contributed by atoms with Gasteiger partial charge < -0.3 is 9.64 Å². The van der Waals surface area contributed by atoms with Gasteiger partial charge >= 0.3 is 0 Å². The number of amides is 1. The summed E-state index contributed by atoms with van der Waals surface area (Å²) in [5, 5.41) is 5.18. The summed E-state index contributed by atoms with van der Waals surface area (Å²) >= 11 is 1.45. The van der Waals surface area contributed by atoms with Crippen LogP contribution < -0.4 is 5.56 Å². The number of ether oxygens (including phenoxy) is 1. The molecule has 4 heterocycles. The molecule has 2 aromatic heterocycles. The summed E-state index contributed by atoms with van der Waals surface area (Å²) in [5.74, 6) is 0.129. The Morgan fingerprint density at radius 1 is 1.36 bits per heavy atom. The zero-order valence-electron chi connectivity index (χ0n) is 14.3. The Hall–Kier alpha value is -1.84. The van der Waals surface area contributed by atoms with Crippen molar-refractivity contribution in [3.05, 3.63) is 27.1 Å². The minimum absolute atomic E-state index is 0.0244. The average Bonchev–Trinajstić information content (AvgIpc) is 3.15. The van der Waals surface area contributed by atoms with Gasteiger partial charge in [0.15, 0.2) is 0 Å². The van der Waals surface area contributed by atoms with Crippen LogP contribution in [0.4, 0.5) is 0 Å². The molecule has 9 heteroatoms. The van der Waals surface area contributed by atoms with Crippen LogP contribution in [0.5, 0.6) is 0 Å². The van der Waals surface area contributed by atoms with Crippen molar-refractivity contribution in [1.82, 2.24) is 24.4 Å². The number of nitrogens with zero attached hydrogens (tertiary/aromatic N) is 5. The standard InChI is InChI=1S/C16H21N5O3S/c1-3-13-18-21-15(23)6-10(17-16(21)25-13)7-20-8-11-12(9-20)24-5-4-14(22)19(11)2/h6,11-12H,3-5,7-9H2,1-2H3/t11-,12-/m0/s1. The molecule has 2 atom stereocenters. The number of rotatable bonds is 3. The van der Waals surface area contributed by atoms with Crippen molar-refractivity contribution in [2.24, 2.45) is 0 Å². The first-order valence-electron chi connectivity index (χ1n) is 8.53. The predicted molar refractivity (Wildman–Crippen MR) is 92.7 cm³/mol. The van der Waals surface area contributed by atoms with Crippen LogP contribution in [0.25, 0.3) is 4.96 Å². The highest BCUT2D eigenvalue weighted by molar-refractivity contribution is 7.16. The van der Waals surface area contributed by atoms with E-state index in [0.29, 0.717) is 24.5 Å². The number of hydrogen-bond donors (Lipinski definition) is 0. The highest BCUT2D eigenvalue weighted by Gasteiger charge is 2.39. The van der Waals surface area contributed by atoms with E-state index in [1.165, 1.54) is 15.9 Å². The highest BCUT2D eigenvalue weighted by Crippen LogP contribution is 2.23. The van der Waals surface area contributed by atoms with Crippen molar-refractivity contribution in [2.45, 2.75) is 38.5 Å². The first kappa shape index (κ1) is 16.6. The number of hydrogen-bond acceptors (Lipinski definition) is 7. The Balaban J connectivity index is 1.54. The number of fused-ring (bicyclic) bond motifs is 2. The van der Waals surface area contributed by atoms with Gasteiger partial charge in [0.1, 0.15) is 5.01 Å². The third kappa shape index (κ3) is 3.07. The SMILES string of the molecule is CCc1nn2c(=O)cc(CN3C[C@@H]4OCCC(=O)N(C)[C@H]4C3)nc2s1. The van der Waals surface area contributed by atoms with Crippen LogP contribution in [0.2, 0.25) is 0 Å². The second-order valence-corrected chi connectivity index (χ2v) is 7.60. The van der Waals surface area contributed by atoms with Gasteiger partial charge in [-0.05, 0) is 6.42 Å². The van der Waals surface area contributed by atoms with E-state index in [4.69, 9.17) is 4.74 Å². The lowest BCUT2D eigenvalue weighted by atomic mass is 10.2. The molecule has 134 valence electrons. The minimum Gasteiger partial charge on any atom is -0.374 e. The minimum atomic E-state index is -0.145. The Kier molecular flexibility index (Phi) is 4.30. The van der Waals surface area contributed by atoms with Crippen LogP contribution in [0.15, 0.2) is 10.9 Å². The van der Waals surface area contributed by atoms with Crippen LogP contribution in [0.3, 0.4) is 0 Å². The maximum atomic E-state index is 12.3. The fraction of sp³-hybridized carbons (Fsp3) is 0.625. The highest BCUT2D eigenvalue weighted by atomic mass is 32.1. The van der Waals surface area contributed by atoms with Crippen LogP contribution in [0, 0.1) is 0 Å². The van der Waals surface area contributed by atoms with Crippen LogP contribution in [0.1, 0.15) is 24.0 Å². The molecule has 4 rings (SSSR count). The van der Waals surface area contributed by atoms with Crippen LogP contribution >= 0.6 is 11.3 Å². The third-order valence-electron chi connectivity index (χ3n) is 4.88. The molecule has 0 aliphatic carbocycles. The molecule has 0 radical (unpaired) electrons. The lowest BCUT2D eigenvalue weighted by Gasteiger charge is -2.25. The molecule has 8 nitrogen and oxygen atoms in total. The van der Waals surface area contributed by atoms with Gasteiger partial charge in [-0.15, -0.1) is 0 Å². The van der Waals surface area contributed by atoms with Gasteiger partial charge in [0.05, 0.1) is 30.9 Å². The molecule has 0 spiro atoms. The Bertz CT molecular complexity index is 863. The molecule has 2 aliphatic heterocycles. The fourth-order valence-electron chi connectivity index (χ4n) is 3.51. The van der Waals surface area contributed by atoms with Crippen molar-refractivity contribution in [2.75, 3.05) is 26.7 Å². The lowest BCUT2D eigenvalue weighted by Crippen LogP contribution is -2.42. The molecule has 0 unspecified atom stereocenters. The number of likely N-dealkylation sites (N-methyl/N-ethyl adjacent to an activating group) is 1. The summed E-state index contributed by atoms with van der Waals surface area (Å²) in [4.78, 5) is 33.5. The van der Waals surface area contributed by atoms with Gasteiger partial charge in [0, 0.05) is 32.7 Å². The van der Waals surface area contributed by atoms with Crippen molar-refractivity contribution < 1.29 is 9.53 Å². The summed E-state index contributed by atoms with van der Waals surface area (Å²) in [6, 6.07) is 1.62. The maximum Gasteiger partial charge on any atom is 0.275 e. The zero-order valence-corrected chi connectivity index (χ0v) is 15.2. The Labute approximate surface area is 149 Å². The molecule has 0 N–H and O–H groups in total. The second kappa shape index (κ2) is 6.47. The van der Waals surface area contributed by atoms with E-state index in [-0.39, 0.29) is 23.6 Å². The fourth-order valence-corrected chi connectivity index (χ4v) is 4.36. The summed E-state index contributed by atoms with van der Waals surface area (Å²) in [5.41, 5.74) is 0.592. The smallest absolute Gasteiger partial charge is 0.275 e. The van der Waals surface area contributed by atoms with Gasteiger partial charge in [-0.25, -0.2) is 4.98 Å². The van der Waals surface area contributed by atoms with E-state index in [0.717, 1.165) is 30.2 Å². The van der Waals surface area contributed by atoms with Gasteiger partial charge in [0.2, 0.25) is 10.9 Å². The molecule has 2 fully saturated rings. The Morgan fingerprint density at radius 3 is 3.00 bits per heavy atom. The number of aromatic nitrogens is 3. The lowest BCUT2D eigenvalue weighted by molar-refractivity contribution is -0.131. The zero-order chi connectivity index (χ0) is 17.6. The van der Waals surface area contributed by atoms with Crippen LogP contribution in [-0.2, 0) is 22.5 Å². The van der Waals surface area contributed by atoms with Crippen LogP contribution in [-0.4, -0.2) is 69.2 Å². The molecule has 0 aromatic carbocycles.